The van der Waals surface area contributed by atoms with Gasteiger partial charge in [-0.3, -0.25) is 0 Å². The molecule has 1 aliphatic rings. The predicted octanol–water partition coefficient (Wildman–Crippen LogP) is 1.90. The second-order valence-electron chi connectivity index (χ2n) is 4.50. The molecule has 1 fully saturated rings. The molecule has 1 aromatic heterocycles. The van der Waals surface area contributed by atoms with E-state index in [0.29, 0.717) is 5.92 Å². The van der Waals surface area contributed by atoms with E-state index < -0.39 is 0 Å². The first kappa shape index (κ1) is 10.7. The van der Waals surface area contributed by atoms with Gasteiger partial charge >= 0.3 is 0 Å². The number of furan rings is 1. The van der Waals surface area contributed by atoms with E-state index in [1.807, 2.05) is 6.92 Å². The molecule has 2 heterocycles. The van der Waals surface area contributed by atoms with Gasteiger partial charge in [0.25, 0.3) is 0 Å². The van der Waals surface area contributed by atoms with E-state index in [9.17, 15) is 0 Å². The van der Waals surface area contributed by atoms with Crippen LogP contribution in [0.5, 0.6) is 0 Å². The minimum absolute atomic E-state index is 0.0690. The van der Waals surface area contributed by atoms with Gasteiger partial charge < -0.3 is 15.5 Å². The molecule has 0 radical (unpaired) electrons. The normalized spacial score (nSPS) is 20.5. The van der Waals surface area contributed by atoms with Crippen molar-refractivity contribution < 1.29 is 4.42 Å². The highest BCUT2D eigenvalue weighted by Crippen LogP contribution is 2.29. The van der Waals surface area contributed by atoms with Crippen LogP contribution in [0.25, 0.3) is 0 Å². The quantitative estimate of drug-likeness (QED) is 0.780. The molecule has 15 heavy (non-hydrogen) atoms. The maximum atomic E-state index is 6.23. The summed E-state index contributed by atoms with van der Waals surface area (Å²) in [5, 5.41) is 3.35. The fourth-order valence-electron chi connectivity index (χ4n) is 2.20. The zero-order chi connectivity index (χ0) is 10.8. The third-order valence-electron chi connectivity index (χ3n) is 3.41. The molecular formula is C12H20N2O. The molecule has 0 aliphatic carbocycles. The molecule has 0 saturated carbocycles. The molecule has 1 aliphatic heterocycles. The molecule has 1 atom stereocenters. The molecular weight excluding hydrogens is 188 g/mol. The van der Waals surface area contributed by atoms with Crippen LogP contribution < -0.4 is 11.1 Å². The fraction of sp³-hybridized carbons (Fsp3) is 0.667. The molecule has 0 bridgehead atoms. The highest BCUT2D eigenvalue weighted by atomic mass is 16.3. The van der Waals surface area contributed by atoms with Gasteiger partial charge in [0.05, 0.1) is 6.04 Å². The summed E-state index contributed by atoms with van der Waals surface area (Å²) in [6, 6.07) is 2.15. The van der Waals surface area contributed by atoms with Gasteiger partial charge in [-0.05, 0) is 57.3 Å². The molecule has 1 saturated heterocycles. The number of nitrogens with two attached hydrogens (primary N) is 1. The third-order valence-corrected chi connectivity index (χ3v) is 3.41. The molecule has 0 amide bonds. The monoisotopic (exact) mass is 208 g/mol. The Labute approximate surface area is 91.0 Å². The summed E-state index contributed by atoms with van der Waals surface area (Å²) in [6.07, 6.45) is 2.31. The van der Waals surface area contributed by atoms with Gasteiger partial charge in [0.1, 0.15) is 11.5 Å². The Morgan fingerprint density at radius 3 is 2.60 bits per heavy atom. The zero-order valence-electron chi connectivity index (χ0n) is 9.55. The number of nitrogens with one attached hydrogen (secondary N) is 1. The van der Waals surface area contributed by atoms with Crippen LogP contribution >= 0.6 is 0 Å². The fourth-order valence-corrected chi connectivity index (χ4v) is 2.20. The van der Waals surface area contributed by atoms with Gasteiger partial charge in [-0.2, -0.15) is 0 Å². The summed E-state index contributed by atoms with van der Waals surface area (Å²) < 4.78 is 5.68. The molecule has 0 spiro atoms. The van der Waals surface area contributed by atoms with Crippen molar-refractivity contribution in [2.75, 3.05) is 13.1 Å². The van der Waals surface area contributed by atoms with Crippen molar-refractivity contribution in [3.05, 3.63) is 23.2 Å². The van der Waals surface area contributed by atoms with Crippen LogP contribution in [0, 0.1) is 19.8 Å². The smallest absolute Gasteiger partial charge is 0.121 e. The van der Waals surface area contributed by atoms with Crippen LogP contribution in [0.4, 0.5) is 0 Å². The Morgan fingerprint density at radius 2 is 2.07 bits per heavy atom. The lowest BCUT2D eigenvalue weighted by molar-refractivity contribution is 0.289. The Morgan fingerprint density at radius 1 is 1.40 bits per heavy atom. The Bertz CT molecular complexity index is 307. The molecule has 0 aromatic carbocycles. The van der Waals surface area contributed by atoms with E-state index in [2.05, 4.69) is 18.3 Å². The maximum absolute atomic E-state index is 6.23. The highest BCUT2D eigenvalue weighted by molar-refractivity contribution is 5.21. The first-order valence-corrected chi connectivity index (χ1v) is 5.71. The van der Waals surface area contributed by atoms with Gasteiger partial charge in [-0.1, -0.05) is 0 Å². The highest BCUT2D eigenvalue weighted by Gasteiger charge is 2.24. The Kier molecular flexibility index (Phi) is 3.12. The number of piperidine rings is 1. The van der Waals surface area contributed by atoms with E-state index in [-0.39, 0.29) is 6.04 Å². The SMILES string of the molecule is Cc1cc([C@H](N)C2CCNCC2)oc1C. The van der Waals surface area contributed by atoms with Crippen molar-refractivity contribution in [1.29, 1.82) is 0 Å². The van der Waals surface area contributed by atoms with Crippen molar-refractivity contribution >= 4 is 0 Å². The minimum atomic E-state index is 0.0690. The number of hydrogen-bond acceptors (Lipinski definition) is 3. The molecule has 3 nitrogen and oxygen atoms in total. The van der Waals surface area contributed by atoms with Crippen molar-refractivity contribution in [2.24, 2.45) is 11.7 Å². The maximum Gasteiger partial charge on any atom is 0.121 e. The second kappa shape index (κ2) is 4.37. The zero-order valence-corrected chi connectivity index (χ0v) is 9.55. The average molecular weight is 208 g/mol. The molecule has 2 rings (SSSR count). The average Bonchev–Trinajstić information content (AvgIpc) is 2.59. The third kappa shape index (κ3) is 2.24. The van der Waals surface area contributed by atoms with E-state index in [4.69, 9.17) is 10.2 Å². The van der Waals surface area contributed by atoms with Crippen LogP contribution in [-0.4, -0.2) is 13.1 Å². The summed E-state index contributed by atoms with van der Waals surface area (Å²) in [5.74, 6) is 2.52. The largest absolute Gasteiger partial charge is 0.464 e. The molecule has 1 aromatic rings. The van der Waals surface area contributed by atoms with Crippen molar-refractivity contribution in [3.8, 4) is 0 Å². The molecule has 3 heteroatoms. The summed E-state index contributed by atoms with van der Waals surface area (Å²) in [5.41, 5.74) is 7.43. The predicted molar refractivity (Wildman–Crippen MR) is 60.7 cm³/mol. The van der Waals surface area contributed by atoms with Gasteiger partial charge in [-0.15, -0.1) is 0 Å². The van der Waals surface area contributed by atoms with Crippen LogP contribution in [0.3, 0.4) is 0 Å². The first-order chi connectivity index (χ1) is 7.18. The van der Waals surface area contributed by atoms with Gasteiger partial charge in [0.2, 0.25) is 0 Å². The molecule has 3 N–H and O–H groups in total. The standard InChI is InChI=1S/C12H20N2O/c1-8-7-11(15-9(8)2)12(13)10-3-5-14-6-4-10/h7,10,12,14H,3-6,13H2,1-2H3/t12-/m1/s1. The van der Waals surface area contributed by atoms with Crippen molar-refractivity contribution in [1.82, 2.24) is 5.32 Å². The van der Waals surface area contributed by atoms with Gasteiger partial charge in [0, 0.05) is 0 Å². The lowest BCUT2D eigenvalue weighted by atomic mass is 9.89. The van der Waals surface area contributed by atoms with Crippen LogP contribution in [0.15, 0.2) is 10.5 Å². The first-order valence-electron chi connectivity index (χ1n) is 5.71. The second-order valence-corrected chi connectivity index (χ2v) is 4.50. The Hall–Kier alpha value is -0.800. The van der Waals surface area contributed by atoms with E-state index in [1.54, 1.807) is 0 Å². The lowest BCUT2D eigenvalue weighted by Crippen LogP contribution is -2.33. The van der Waals surface area contributed by atoms with Crippen molar-refractivity contribution in [3.63, 3.8) is 0 Å². The summed E-state index contributed by atoms with van der Waals surface area (Å²) in [6.45, 7) is 6.22. The number of hydrogen-bond donors (Lipinski definition) is 2. The topological polar surface area (TPSA) is 51.2 Å². The van der Waals surface area contributed by atoms with Gasteiger partial charge in [0.15, 0.2) is 0 Å². The van der Waals surface area contributed by atoms with Crippen LogP contribution in [0.1, 0.15) is 36.0 Å². The molecule has 84 valence electrons. The number of aryl methyl sites for hydroxylation is 2. The van der Waals surface area contributed by atoms with Crippen LogP contribution in [0.2, 0.25) is 0 Å². The number of rotatable bonds is 2. The summed E-state index contributed by atoms with van der Waals surface area (Å²) in [4.78, 5) is 0. The van der Waals surface area contributed by atoms with Crippen molar-refractivity contribution in [2.45, 2.75) is 32.7 Å². The summed E-state index contributed by atoms with van der Waals surface area (Å²) >= 11 is 0. The molecule has 0 unspecified atom stereocenters. The van der Waals surface area contributed by atoms with E-state index >= 15 is 0 Å². The minimum Gasteiger partial charge on any atom is -0.464 e. The lowest BCUT2D eigenvalue weighted by Gasteiger charge is -2.26. The van der Waals surface area contributed by atoms with Gasteiger partial charge in [-0.25, -0.2) is 0 Å². The van der Waals surface area contributed by atoms with E-state index in [0.717, 1.165) is 37.5 Å². The summed E-state index contributed by atoms with van der Waals surface area (Å²) in [7, 11) is 0. The van der Waals surface area contributed by atoms with Crippen LogP contribution in [-0.2, 0) is 0 Å². The van der Waals surface area contributed by atoms with E-state index in [1.165, 1.54) is 5.56 Å². The Balaban J connectivity index is 2.08.